The molecule has 1 aromatic rings. The van der Waals surface area contributed by atoms with Gasteiger partial charge in [0.25, 0.3) is 0 Å². The second-order valence-electron chi connectivity index (χ2n) is 3.86. The molecule has 1 rings (SSSR count). The van der Waals surface area contributed by atoms with E-state index in [2.05, 4.69) is 6.92 Å². The summed E-state index contributed by atoms with van der Waals surface area (Å²) in [6.07, 6.45) is 1.88. The average Bonchev–Trinajstić information content (AvgIpc) is 2.27. The lowest BCUT2D eigenvalue weighted by molar-refractivity contribution is -0.00584. The zero-order valence-electron chi connectivity index (χ0n) is 9.52. The van der Waals surface area contributed by atoms with E-state index in [0.29, 0.717) is 6.61 Å². The predicted octanol–water partition coefficient (Wildman–Crippen LogP) is 2.93. The van der Waals surface area contributed by atoms with Gasteiger partial charge in [0.1, 0.15) is 6.10 Å². The highest BCUT2D eigenvalue weighted by molar-refractivity contribution is 5.17. The first-order chi connectivity index (χ1) is 7.24. The van der Waals surface area contributed by atoms with Crippen LogP contribution in [0.3, 0.4) is 0 Å². The number of rotatable bonds is 6. The summed E-state index contributed by atoms with van der Waals surface area (Å²) < 4.78 is 5.55. The predicted molar refractivity (Wildman–Crippen MR) is 61.7 cm³/mol. The van der Waals surface area contributed by atoms with E-state index in [1.807, 2.05) is 37.3 Å². The third kappa shape index (κ3) is 4.45. The maximum Gasteiger partial charge on any atom is 0.102 e. The lowest BCUT2D eigenvalue weighted by atomic mass is 10.1. The van der Waals surface area contributed by atoms with Crippen molar-refractivity contribution in [3.05, 3.63) is 35.9 Å². The Labute approximate surface area is 91.9 Å². The van der Waals surface area contributed by atoms with Gasteiger partial charge in [0.15, 0.2) is 0 Å². The van der Waals surface area contributed by atoms with Crippen LogP contribution >= 0.6 is 0 Å². The number of aliphatic hydroxyl groups is 1. The third-order valence-corrected chi connectivity index (χ3v) is 2.42. The largest absolute Gasteiger partial charge is 0.386 e. The molecule has 0 aliphatic heterocycles. The fraction of sp³-hybridized carbons (Fsp3) is 0.538. The summed E-state index contributed by atoms with van der Waals surface area (Å²) in [4.78, 5) is 0. The molecule has 0 saturated carbocycles. The van der Waals surface area contributed by atoms with Gasteiger partial charge in [-0.25, -0.2) is 0 Å². The van der Waals surface area contributed by atoms with Gasteiger partial charge in [-0.2, -0.15) is 0 Å². The van der Waals surface area contributed by atoms with Crippen molar-refractivity contribution < 1.29 is 9.84 Å². The molecule has 0 aliphatic rings. The van der Waals surface area contributed by atoms with Crippen LogP contribution in [0.15, 0.2) is 30.3 Å². The summed E-state index contributed by atoms with van der Waals surface area (Å²) in [5.41, 5.74) is 0.918. The van der Waals surface area contributed by atoms with E-state index < -0.39 is 6.10 Å². The van der Waals surface area contributed by atoms with E-state index in [1.165, 1.54) is 0 Å². The standard InChI is InChI=1S/C13H20O2/c1-3-7-11(2)15-10-13(14)12-8-5-4-6-9-12/h4-6,8-9,11,13-14H,3,7,10H2,1-2H3. The second-order valence-corrected chi connectivity index (χ2v) is 3.86. The molecule has 2 unspecified atom stereocenters. The molecule has 2 nitrogen and oxygen atoms in total. The zero-order chi connectivity index (χ0) is 11.1. The van der Waals surface area contributed by atoms with Gasteiger partial charge < -0.3 is 9.84 Å². The molecule has 1 N–H and O–H groups in total. The Morgan fingerprint density at radius 1 is 1.27 bits per heavy atom. The van der Waals surface area contributed by atoms with E-state index >= 15 is 0 Å². The van der Waals surface area contributed by atoms with Crippen LogP contribution in [0.4, 0.5) is 0 Å². The second kappa shape index (κ2) is 6.59. The van der Waals surface area contributed by atoms with Crippen LogP contribution in [-0.4, -0.2) is 17.8 Å². The molecule has 0 aromatic heterocycles. The molecule has 2 atom stereocenters. The molecule has 15 heavy (non-hydrogen) atoms. The lowest BCUT2D eigenvalue weighted by Gasteiger charge is -2.16. The topological polar surface area (TPSA) is 29.5 Å². The first-order valence-corrected chi connectivity index (χ1v) is 5.58. The Morgan fingerprint density at radius 2 is 1.93 bits per heavy atom. The first kappa shape index (κ1) is 12.2. The fourth-order valence-corrected chi connectivity index (χ4v) is 1.52. The van der Waals surface area contributed by atoms with Crippen LogP contribution in [0.25, 0.3) is 0 Å². The summed E-state index contributed by atoms with van der Waals surface area (Å²) in [6, 6.07) is 9.62. The highest BCUT2D eigenvalue weighted by atomic mass is 16.5. The summed E-state index contributed by atoms with van der Waals surface area (Å²) >= 11 is 0. The Kier molecular flexibility index (Phi) is 5.37. The SMILES string of the molecule is CCCC(C)OCC(O)c1ccccc1. The van der Waals surface area contributed by atoms with E-state index in [0.717, 1.165) is 18.4 Å². The maximum absolute atomic E-state index is 9.81. The minimum Gasteiger partial charge on any atom is -0.386 e. The summed E-state index contributed by atoms with van der Waals surface area (Å²) in [5, 5.41) is 9.81. The lowest BCUT2D eigenvalue weighted by Crippen LogP contribution is -2.14. The maximum atomic E-state index is 9.81. The van der Waals surface area contributed by atoms with Crippen molar-refractivity contribution in [2.75, 3.05) is 6.61 Å². The van der Waals surface area contributed by atoms with Gasteiger partial charge in [-0.05, 0) is 18.9 Å². The molecule has 0 fully saturated rings. The van der Waals surface area contributed by atoms with Gasteiger partial charge in [0, 0.05) is 0 Å². The number of ether oxygens (including phenoxy) is 1. The van der Waals surface area contributed by atoms with Gasteiger partial charge in [-0.1, -0.05) is 43.7 Å². The van der Waals surface area contributed by atoms with E-state index in [4.69, 9.17) is 4.74 Å². The molecule has 0 spiro atoms. The minimum absolute atomic E-state index is 0.230. The van der Waals surface area contributed by atoms with Crippen molar-refractivity contribution in [3.63, 3.8) is 0 Å². The molecule has 1 aromatic carbocycles. The molecule has 0 radical (unpaired) electrons. The summed E-state index contributed by atoms with van der Waals surface area (Å²) in [6.45, 7) is 4.56. The van der Waals surface area contributed by atoms with Crippen molar-refractivity contribution >= 4 is 0 Å². The monoisotopic (exact) mass is 208 g/mol. The molecule has 0 amide bonds. The number of hydrogen-bond acceptors (Lipinski definition) is 2. The van der Waals surface area contributed by atoms with Crippen LogP contribution in [0.5, 0.6) is 0 Å². The summed E-state index contributed by atoms with van der Waals surface area (Å²) in [5.74, 6) is 0. The summed E-state index contributed by atoms with van der Waals surface area (Å²) in [7, 11) is 0. The van der Waals surface area contributed by atoms with Crippen molar-refractivity contribution in [2.45, 2.75) is 38.9 Å². The number of hydrogen-bond donors (Lipinski definition) is 1. The van der Waals surface area contributed by atoms with Crippen LogP contribution < -0.4 is 0 Å². The van der Waals surface area contributed by atoms with Crippen LogP contribution in [0, 0.1) is 0 Å². The normalized spacial score (nSPS) is 14.9. The average molecular weight is 208 g/mol. The van der Waals surface area contributed by atoms with Crippen LogP contribution in [0.1, 0.15) is 38.4 Å². The quantitative estimate of drug-likeness (QED) is 0.779. The van der Waals surface area contributed by atoms with Gasteiger partial charge in [0.2, 0.25) is 0 Å². The molecule has 84 valence electrons. The Hall–Kier alpha value is -0.860. The molecule has 2 heteroatoms. The van der Waals surface area contributed by atoms with Crippen molar-refractivity contribution in [2.24, 2.45) is 0 Å². The first-order valence-electron chi connectivity index (χ1n) is 5.58. The Balaban J connectivity index is 2.33. The van der Waals surface area contributed by atoms with Gasteiger partial charge in [-0.15, -0.1) is 0 Å². The van der Waals surface area contributed by atoms with E-state index in [9.17, 15) is 5.11 Å². The number of benzene rings is 1. The molecule has 0 aliphatic carbocycles. The Bertz CT molecular complexity index is 258. The van der Waals surface area contributed by atoms with Crippen LogP contribution in [-0.2, 0) is 4.74 Å². The van der Waals surface area contributed by atoms with Crippen LogP contribution in [0.2, 0.25) is 0 Å². The van der Waals surface area contributed by atoms with Crippen molar-refractivity contribution in [1.82, 2.24) is 0 Å². The highest BCUT2D eigenvalue weighted by Gasteiger charge is 2.09. The smallest absolute Gasteiger partial charge is 0.102 e. The highest BCUT2D eigenvalue weighted by Crippen LogP contribution is 2.13. The zero-order valence-corrected chi connectivity index (χ0v) is 9.52. The molecular weight excluding hydrogens is 188 g/mol. The molecular formula is C13H20O2. The van der Waals surface area contributed by atoms with Crippen molar-refractivity contribution in [3.8, 4) is 0 Å². The van der Waals surface area contributed by atoms with Gasteiger partial charge in [0.05, 0.1) is 12.7 Å². The van der Waals surface area contributed by atoms with E-state index in [-0.39, 0.29) is 6.10 Å². The fourth-order valence-electron chi connectivity index (χ4n) is 1.52. The number of aliphatic hydroxyl groups excluding tert-OH is 1. The molecule has 0 bridgehead atoms. The molecule has 0 saturated heterocycles. The third-order valence-electron chi connectivity index (χ3n) is 2.42. The minimum atomic E-state index is -0.509. The van der Waals surface area contributed by atoms with Gasteiger partial charge >= 0.3 is 0 Å². The Morgan fingerprint density at radius 3 is 2.53 bits per heavy atom. The van der Waals surface area contributed by atoms with Gasteiger partial charge in [-0.3, -0.25) is 0 Å². The van der Waals surface area contributed by atoms with E-state index in [1.54, 1.807) is 0 Å². The molecule has 0 heterocycles. The van der Waals surface area contributed by atoms with Crippen molar-refractivity contribution in [1.29, 1.82) is 0 Å².